The third-order valence-electron chi connectivity index (χ3n) is 2.70. The van der Waals surface area contributed by atoms with Crippen molar-refractivity contribution < 1.29 is 4.79 Å². The molecule has 5 nitrogen and oxygen atoms in total. The molecule has 1 aromatic rings. The van der Waals surface area contributed by atoms with Crippen LogP contribution in [0.15, 0.2) is 29.3 Å². The van der Waals surface area contributed by atoms with Gasteiger partial charge in [-0.15, -0.1) is 30.4 Å². The molecular formula is C16H23IN4O. The zero-order valence-corrected chi connectivity index (χ0v) is 15.3. The van der Waals surface area contributed by atoms with Crippen molar-refractivity contribution in [1.82, 2.24) is 10.6 Å². The van der Waals surface area contributed by atoms with Crippen LogP contribution in [0.2, 0.25) is 0 Å². The molecular weight excluding hydrogens is 391 g/mol. The molecule has 0 aromatic heterocycles. The summed E-state index contributed by atoms with van der Waals surface area (Å²) in [6.45, 7) is 5.13. The number of anilines is 1. The summed E-state index contributed by atoms with van der Waals surface area (Å²) < 4.78 is 0. The molecule has 1 aromatic carbocycles. The largest absolute Gasteiger partial charge is 0.357 e. The second-order valence-electron chi connectivity index (χ2n) is 4.35. The first-order chi connectivity index (χ1) is 10.2. The highest BCUT2D eigenvalue weighted by Gasteiger charge is 2.03. The Morgan fingerprint density at radius 1 is 1.32 bits per heavy atom. The number of halogens is 1. The summed E-state index contributed by atoms with van der Waals surface area (Å²) in [5.74, 6) is 2.83. The minimum Gasteiger partial charge on any atom is -0.357 e. The quantitative estimate of drug-likeness (QED) is 0.289. The van der Waals surface area contributed by atoms with Gasteiger partial charge in [0.1, 0.15) is 6.54 Å². The highest BCUT2D eigenvalue weighted by Crippen LogP contribution is 2.10. The summed E-state index contributed by atoms with van der Waals surface area (Å²) in [4.78, 5) is 16.1. The van der Waals surface area contributed by atoms with Crippen LogP contribution >= 0.6 is 24.0 Å². The SMILES string of the molecule is C#CCNC(=NCC(=O)Nc1cccc(CC)c1)NCC.I. The van der Waals surface area contributed by atoms with Gasteiger partial charge in [-0.2, -0.15) is 0 Å². The predicted molar refractivity (Wildman–Crippen MR) is 103 cm³/mol. The number of rotatable bonds is 6. The first kappa shape index (κ1) is 20.2. The van der Waals surface area contributed by atoms with E-state index in [-0.39, 0.29) is 36.4 Å². The summed E-state index contributed by atoms with van der Waals surface area (Å²) in [6, 6.07) is 7.78. The van der Waals surface area contributed by atoms with Gasteiger partial charge in [-0.3, -0.25) is 4.79 Å². The van der Waals surface area contributed by atoms with E-state index in [4.69, 9.17) is 6.42 Å². The summed E-state index contributed by atoms with van der Waals surface area (Å²) in [7, 11) is 0. The lowest BCUT2D eigenvalue weighted by molar-refractivity contribution is -0.114. The molecule has 120 valence electrons. The highest BCUT2D eigenvalue weighted by atomic mass is 127. The van der Waals surface area contributed by atoms with Crippen LogP contribution in [0, 0.1) is 12.3 Å². The number of nitrogens with zero attached hydrogens (tertiary/aromatic N) is 1. The average Bonchev–Trinajstić information content (AvgIpc) is 2.50. The normalized spacial score (nSPS) is 10.1. The summed E-state index contributed by atoms with van der Waals surface area (Å²) in [5.41, 5.74) is 1.97. The molecule has 0 aliphatic carbocycles. The van der Waals surface area contributed by atoms with Gasteiger partial charge < -0.3 is 16.0 Å². The van der Waals surface area contributed by atoms with Gasteiger partial charge in [-0.1, -0.05) is 25.0 Å². The number of terminal acetylenes is 1. The topological polar surface area (TPSA) is 65.5 Å². The number of carbonyl (C=O) groups is 1. The van der Waals surface area contributed by atoms with Gasteiger partial charge >= 0.3 is 0 Å². The summed E-state index contributed by atoms with van der Waals surface area (Å²) >= 11 is 0. The van der Waals surface area contributed by atoms with E-state index >= 15 is 0 Å². The molecule has 0 spiro atoms. The fourth-order valence-electron chi connectivity index (χ4n) is 1.70. The minimum absolute atomic E-state index is 0. The molecule has 0 saturated heterocycles. The van der Waals surface area contributed by atoms with Crippen molar-refractivity contribution in [1.29, 1.82) is 0 Å². The lowest BCUT2D eigenvalue weighted by Gasteiger charge is -2.09. The standard InChI is InChI=1S/C16H22N4O.HI/c1-4-10-18-16(17-6-3)19-12-15(21)20-14-9-7-8-13(5-2)11-14;/h1,7-9,11H,5-6,10,12H2,2-3H3,(H,20,21)(H2,17,18,19);1H. The van der Waals surface area contributed by atoms with Crippen molar-refractivity contribution in [2.75, 3.05) is 25.0 Å². The zero-order valence-electron chi connectivity index (χ0n) is 13.0. The van der Waals surface area contributed by atoms with E-state index in [1.165, 1.54) is 5.56 Å². The lowest BCUT2D eigenvalue weighted by atomic mass is 10.1. The number of hydrogen-bond donors (Lipinski definition) is 3. The lowest BCUT2D eigenvalue weighted by Crippen LogP contribution is -2.38. The second kappa shape index (κ2) is 11.9. The number of nitrogens with one attached hydrogen (secondary N) is 3. The van der Waals surface area contributed by atoms with Gasteiger partial charge in [0.05, 0.1) is 6.54 Å². The van der Waals surface area contributed by atoms with E-state index in [9.17, 15) is 4.79 Å². The smallest absolute Gasteiger partial charge is 0.246 e. The Hall–Kier alpha value is -1.75. The molecule has 22 heavy (non-hydrogen) atoms. The van der Waals surface area contributed by atoms with Crippen molar-refractivity contribution >= 4 is 41.5 Å². The average molecular weight is 414 g/mol. The Bertz CT molecular complexity index is 537. The van der Waals surface area contributed by atoms with Crippen molar-refractivity contribution in [2.45, 2.75) is 20.3 Å². The van der Waals surface area contributed by atoms with Gasteiger partial charge in [0, 0.05) is 12.2 Å². The third kappa shape index (κ3) is 7.88. The molecule has 6 heteroatoms. The van der Waals surface area contributed by atoms with Crippen molar-refractivity contribution in [2.24, 2.45) is 4.99 Å². The Morgan fingerprint density at radius 2 is 2.09 bits per heavy atom. The Balaban J connectivity index is 0.00000441. The van der Waals surface area contributed by atoms with E-state index in [1.807, 2.05) is 31.2 Å². The number of carbonyl (C=O) groups excluding carboxylic acids is 1. The van der Waals surface area contributed by atoms with Crippen LogP contribution in [0.1, 0.15) is 19.4 Å². The minimum atomic E-state index is -0.166. The fraction of sp³-hybridized carbons (Fsp3) is 0.375. The molecule has 0 heterocycles. The van der Waals surface area contributed by atoms with Crippen molar-refractivity contribution in [3.63, 3.8) is 0 Å². The number of aryl methyl sites for hydroxylation is 1. The zero-order chi connectivity index (χ0) is 15.5. The molecule has 1 amide bonds. The number of hydrogen-bond acceptors (Lipinski definition) is 2. The van der Waals surface area contributed by atoms with Crippen LogP contribution in [-0.4, -0.2) is 31.5 Å². The number of amides is 1. The highest BCUT2D eigenvalue weighted by molar-refractivity contribution is 14.0. The van der Waals surface area contributed by atoms with Gasteiger partial charge in [0.2, 0.25) is 5.91 Å². The van der Waals surface area contributed by atoms with E-state index < -0.39 is 0 Å². The molecule has 3 N–H and O–H groups in total. The molecule has 0 aliphatic rings. The van der Waals surface area contributed by atoms with E-state index in [0.717, 1.165) is 12.1 Å². The first-order valence-electron chi connectivity index (χ1n) is 7.04. The molecule has 0 atom stereocenters. The summed E-state index contributed by atoms with van der Waals surface area (Å²) in [6.07, 6.45) is 6.12. The van der Waals surface area contributed by atoms with Crippen LogP contribution in [0.3, 0.4) is 0 Å². The monoisotopic (exact) mass is 414 g/mol. The van der Waals surface area contributed by atoms with Crippen LogP contribution < -0.4 is 16.0 Å². The maximum Gasteiger partial charge on any atom is 0.246 e. The molecule has 0 radical (unpaired) electrons. The van der Waals surface area contributed by atoms with Crippen LogP contribution in [0.4, 0.5) is 5.69 Å². The maximum absolute atomic E-state index is 11.9. The van der Waals surface area contributed by atoms with Crippen LogP contribution in [0.5, 0.6) is 0 Å². The number of benzene rings is 1. The Labute approximate surface area is 149 Å². The molecule has 0 fully saturated rings. The van der Waals surface area contributed by atoms with Gasteiger partial charge in [-0.05, 0) is 31.0 Å². The van der Waals surface area contributed by atoms with Crippen molar-refractivity contribution in [3.8, 4) is 12.3 Å². The van der Waals surface area contributed by atoms with E-state index in [0.29, 0.717) is 19.0 Å². The molecule has 0 aliphatic heterocycles. The van der Waals surface area contributed by atoms with Crippen LogP contribution in [-0.2, 0) is 11.2 Å². The maximum atomic E-state index is 11.9. The molecule has 0 unspecified atom stereocenters. The molecule has 0 saturated carbocycles. The summed E-state index contributed by atoms with van der Waals surface area (Å²) in [5, 5.41) is 8.78. The fourth-order valence-corrected chi connectivity index (χ4v) is 1.70. The van der Waals surface area contributed by atoms with E-state index in [2.05, 4.69) is 33.8 Å². The third-order valence-corrected chi connectivity index (χ3v) is 2.70. The van der Waals surface area contributed by atoms with Gasteiger partial charge in [-0.25, -0.2) is 4.99 Å². The van der Waals surface area contributed by atoms with E-state index in [1.54, 1.807) is 0 Å². The van der Waals surface area contributed by atoms with Crippen LogP contribution in [0.25, 0.3) is 0 Å². The van der Waals surface area contributed by atoms with Crippen molar-refractivity contribution in [3.05, 3.63) is 29.8 Å². The second-order valence-corrected chi connectivity index (χ2v) is 4.35. The molecule has 1 rings (SSSR count). The Morgan fingerprint density at radius 3 is 2.73 bits per heavy atom. The number of guanidine groups is 1. The predicted octanol–water partition coefficient (Wildman–Crippen LogP) is 1.99. The van der Waals surface area contributed by atoms with Gasteiger partial charge in [0.25, 0.3) is 0 Å². The first-order valence-corrected chi connectivity index (χ1v) is 7.04. The molecule has 0 bridgehead atoms. The number of aliphatic imine (C=N–C) groups is 1. The van der Waals surface area contributed by atoms with Gasteiger partial charge in [0.15, 0.2) is 5.96 Å². The Kier molecular flexibility index (Phi) is 10.9.